The molecule has 1 nitrogen and oxygen atoms in total. The first kappa shape index (κ1) is 11.0. The zero-order chi connectivity index (χ0) is 9.68. The smallest absolute Gasteiger partial charge is 0.0540 e. The van der Waals surface area contributed by atoms with Crippen LogP contribution in [-0.4, -0.2) is 11.2 Å². The lowest BCUT2D eigenvalue weighted by Gasteiger charge is -2.26. The van der Waals surface area contributed by atoms with Crippen molar-refractivity contribution in [3.8, 4) is 0 Å². The van der Waals surface area contributed by atoms with Gasteiger partial charge in [0.1, 0.15) is 0 Å². The van der Waals surface area contributed by atoms with Crippen LogP contribution >= 0.6 is 0 Å². The fraction of sp³-hybridized carbons (Fsp3) is 1.00. The molecule has 0 heterocycles. The summed E-state index contributed by atoms with van der Waals surface area (Å²) in [7, 11) is 0. The van der Waals surface area contributed by atoms with Crippen molar-refractivity contribution in [1.82, 2.24) is 0 Å². The van der Waals surface area contributed by atoms with Gasteiger partial charge in [-0.3, -0.25) is 0 Å². The maximum absolute atomic E-state index is 9.59. The van der Waals surface area contributed by atoms with Crippen molar-refractivity contribution in [3.05, 3.63) is 0 Å². The van der Waals surface area contributed by atoms with E-state index >= 15 is 0 Å². The lowest BCUT2D eigenvalue weighted by Crippen LogP contribution is -2.18. The van der Waals surface area contributed by atoms with Crippen LogP contribution in [0.3, 0.4) is 0 Å². The second-order valence-electron chi connectivity index (χ2n) is 4.66. The van der Waals surface area contributed by atoms with Gasteiger partial charge in [-0.05, 0) is 31.1 Å². The van der Waals surface area contributed by atoms with Crippen molar-refractivity contribution in [1.29, 1.82) is 0 Å². The third kappa shape index (κ3) is 3.68. The summed E-state index contributed by atoms with van der Waals surface area (Å²) in [5, 5.41) is 9.59. The largest absolute Gasteiger partial charge is 0.393 e. The molecule has 0 spiro atoms. The normalized spacial score (nSPS) is 33.5. The number of hydrogen-bond acceptors (Lipinski definition) is 1. The van der Waals surface area contributed by atoms with Crippen molar-refractivity contribution in [3.63, 3.8) is 0 Å². The summed E-state index contributed by atoms with van der Waals surface area (Å²) in [5.74, 6) is 1.73. The van der Waals surface area contributed by atoms with Gasteiger partial charge < -0.3 is 5.11 Å². The van der Waals surface area contributed by atoms with Crippen molar-refractivity contribution in [2.75, 3.05) is 0 Å². The molecule has 3 atom stereocenters. The minimum Gasteiger partial charge on any atom is -0.393 e. The Balaban J connectivity index is 2.36. The third-order valence-corrected chi connectivity index (χ3v) is 3.68. The zero-order valence-corrected chi connectivity index (χ0v) is 9.13. The van der Waals surface area contributed by atoms with Crippen molar-refractivity contribution < 1.29 is 5.11 Å². The summed E-state index contributed by atoms with van der Waals surface area (Å²) in [4.78, 5) is 0. The lowest BCUT2D eigenvalue weighted by atomic mass is 9.81. The van der Waals surface area contributed by atoms with Gasteiger partial charge in [-0.25, -0.2) is 0 Å². The minimum absolute atomic E-state index is 0.00754. The molecule has 0 aromatic rings. The molecule has 1 saturated carbocycles. The Kier molecular flexibility index (Phi) is 4.79. The fourth-order valence-corrected chi connectivity index (χ4v) is 2.38. The number of hydrogen-bond donors (Lipinski definition) is 1. The van der Waals surface area contributed by atoms with Crippen LogP contribution in [0.4, 0.5) is 0 Å². The lowest BCUT2D eigenvalue weighted by molar-refractivity contribution is 0.121. The van der Waals surface area contributed by atoms with E-state index in [1.165, 1.54) is 32.1 Å². The van der Waals surface area contributed by atoms with Crippen molar-refractivity contribution in [2.45, 2.75) is 64.9 Å². The molecule has 0 bridgehead atoms. The van der Waals surface area contributed by atoms with E-state index in [-0.39, 0.29) is 6.10 Å². The third-order valence-electron chi connectivity index (χ3n) is 3.68. The molecule has 0 saturated heterocycles. The van der Waals surface area contributed by atoms with Gasteiger partial charge in [0, 0.05) is 0 Å². The Bertz CT molecular complexity index is 133. The van der Waals surface area contributed by atoms with E-state index in [4.69, 9.17) is 0 Å². The topological polar surface area (TPSA) is 20.2 Å². The summed E-state index contributed by atoms with van der Waals surface area (Å²) >= 11 is 0. The predicted octanol–water partition coefficient (Wildman–Crippen LogP) is 3.36. The Labute approximate surface area is 82.5 Å². The summed E-state index contributed by atoms with van der Waals surface area (Å²) in [5.41, 5.74) is 0. The molecule has 0 aliphatic heterocycles. The molecule has 1 aliphatic carbocycles. The first-order valence-corrected chi connectivity index (χ1v) is 5.92. The highest BCUT2D eigenvalue weighted by molar-refractivity contribution is 4.71. The summed E-state index contributed by atoms with van der Waals surface area (Å²) in [6.45, 7) is 4.64. The van der Waals surface area contributed by atoms with E-state index in [0.717, 1.165) is 24.7 Å². The van der Waals surface area contributed by atoms with Gasteiger partial charge in [0.05, 0.1) is 6.10 Å². The van der Waals surface area contributed by atoms with Crippen LogP contribution in [-0.2, 0) is 0 Å². The second kappa shape index (κ2) is 5.64. The standard InChI is InChI=1S/C12H24O/c1-3-10(2)11-6-4-5-7-12(13)9-8-11/h10-13H,3-9H2,1-2H3. The predicted molar refractivity (Wildman–Crippen MR) is 56.7 cm³/mol. The monoisotopic (exact) mass is 184 g/mol. The molecule has 0 aromatic carbocycles. The molecular weight excluding hydrogens is 160 g/mol. The molecule has 3 unspecified atom stereocenters. The maximum Gasteiger partial charge on any atom is 0.0540 e. The molecule has 0 radical (unpaired) electrons. The molecule has 1 fully saturated rings. The first-order valence-electron chi connectivity index (χ1n) is 5.92. The van der Waals surface area contributed by atoms with Gasteiger partial charge in [-0.1, -0.05) is 39.5 Å². The van der Waals surface area contributed by atoms with Crippen LogP contribution in [0.5, 0.6) is 0 Å². The van der Waals surface area contributed by atoms with Crippen LogP contribution < -0.4 is 0 Å². The second-order valence-corrected chi connectivity index (χ2v) is 4.66. The molecule has 78 valence electrons. The molecule has 13 heavy (non-hydrogen) atoms. The molecule has 1 rings (SSSR count). The highest BCUT2D eigenvalue weighted by atomic mass is 16.3. The summed E-state index contributed by atoms with van der Waals surface area (Å²) in [6.07, 6.45) is 8.55. The molecule has 1 aliphatic rings. The van der Waals surface area contributed by atoms with E-state index in [0.29, 0.717) is 0 Å². The quantitative estimate of drug-likeness (QED) is 0.697. The SMILES string of the molecule is CCC(C)C1CCCCC(O)CC1. The number of aliphatic hydroxyl groups excluding tert-OH is 1. The van der Waals surface area contributed by atoms with Crippen LogP contribution in [0, 0.1) is 11.8 Å². The van der Waals surface area contributed by atoms with E-state index in [9.17, 15) is 5.11 Å². The molecule has 0 aromatic heterocycles. The van der Waals surface area contributed by atoms with Gasteiger partial charge in [-0.15, -0.1) is 0 Å². The average Bonchev–Trinajstić information content (AvgIpc) is 2.11. The average molecular weight is 184 g/mol. The Morgan fingerprint density at radius 3 is 2.54 bits per heavy atom. The minimum atomic E-state index is -0.00754. The van der Waals surface area contributed by atoms with Gasteiger partial charge in [0.25, 0.3) is 0 Å². The van der Waals surface area contributed by atoms with Crippen LogP contribution in [0.15, 0.2) is 0 Å². The van der Waals surface area contributed by atoms with Gasteiger partial charge in [0.2, 0.25) is 0 Å². The van der Waals surface area contributed by atoms with Gasteiger partial charge in [0.15, 0.2) is 0 Å². The van der Waals surface area contributed by atoms with E-state index in [2.05, 4.69) is 13.8 Å². The van der Waals surface area contributed by atoms with Crippen LogP contribution in [0.25, 0.3) is 0 Å². The maximum atomic E-state index is 9.59. The fourth-order valence-electron chi connectivity index (χ4n) is 2.38. The van der Waals surface area contributed by atoms with Crippen LogP contribution in [0.1, 0.15) is 58.8 Å². The summed E-state index contributed by atoms with van der Waals surface area (Å²) in [6, 6.07) is 0. The Morgan fingerprint density at radius 2 is 1.85 bits per heavy atom. The van der Waals surface area contributed by atoms with E-state index < -0.39 is 0 Å². The zero-order valence-electron chi connectivity index (χ0n) is 9.13. The number of rotatable bonds is 2. The van der Waals surface area contributed by atoms with Crippen LogP contribution in [0.2, 0.25) is 0 Å². The highest BCUT2D eigenvalue weighted by Gasteiger charge is 2.19. The first-order chi connectivity index (χ1) is 6.24. The number of aliphatic hydroxyl groups is 1. The van der Waals surface area contributed by atoms with Crippen molar-refractivity contribution in [2.24, 2.45) is 11.8 Å². The van der Waals surface area contributed by atoms with E-state index in [1.807, 2.05) is 0 Å². The summed E-state index contributed by atoms with van der Waals surface area (Å²) < 4.78 is 0. The highest BCUT2D eigenvalue weighted by Crippen LogP contribution is 2.29. The molecule has 1 heteroatoms. The molecule has 0 amide bonds. The van der Waals surface area contributed by atoms with Gasteiger partial charge >= 0.3 is 0 Å². The molecular formula is C12H24O. The molecule has 1 N–H and O–H groups in total. The Hall–Kier alpha value is -0.0400. The van der Waals surface area contributed by atoms with Gasteiger partial charge in [-0.2, -0.15) is 0 Å². The van der Waals surface area contributed by atoms with Crippen molar-refractivity contribution >= 4 is 0 Å². The Morgan fingerprint density at radius 1 is 1.15 bits per heavy atom. The van der Waals surface area contributed by atoms with E-state index in [1.54, 1.807) is 0 Å².